The molecule has 0 heterocycles. The van der Waals surface area contributed by atoms with Gasteiger partial charge in [0.15, 0.2) is 23.3 Å². The van der Waals surface area contributed by atoms with E-state index in [0.717, 1.165) is 0 Å². The number of aliphatic hydroxyl groups is 1. The summed E-state index contributed by atoms with van der Waals surface area (Å²) in [5.41, 5.74) is -2.34. The monoisotopic (exact) mass is 274 g/mol. The molecule has 1 aromatic carbocycles. The third-order valence-electron chi connectivity index (χ3n) is 1.61. The number of hydrogen-bond donors (Lipinski definition) is 2. The van der Waals surface area contributed by atoms with Gasteiger partial charge in [-0.05, 0) is 0 Å². The zero-order chi connectivity index (χ0) is 13.3. The van der Waals surface area contributed by atoms with Gasteiger partial charge in [0.05, 0.1) is 4.90 Å². The first-order valence-electron chi connectivity index (χ1n) is 3.86. The zero-order valence-electron chi connectivity index (χ0n) is 7.68. The molecule has 0 saturated heterocycles. The largest absolute Gasteiger partial charge is 0.479 e. The molecule has 0 aliphatic heterocycles. The molecule has 2 N–H and O–H groups in total. The van der Waals surface area contributed by atoms with Crippen molar-refractivity contribution in [1.29, 1.82) is 0 Å². The van der Waals surface area contributed by atoms with Crippen molar-refractivity contribution in [1.82, 2.24) is 0 Å². The van der Waals surface area contributed by atoms with Crippen molar-refractivity contribution in [3.05, 3.63) is 29.1 Å². The van der Waals surface area contributed by atoms with Crippen LogP contribution in [0.15, 0.2) is 4.90 Å². The third kappa shape index (κ3) is 2.50. The van der Waals surface area contributed by atoms with Crippen molar-refractivity contribution in [2.45, 2.75) is 10.3 Å². The molecule has 1 atom stereocenters. The number of thioether (sulfide) groups is 1. The third-order valence-corrected chi connectivity index (χ3v) is 2.63. The van der Waals surface area contributed by atoms with Gasteiger partial charge in [-0.3, -0.25) is 0 Å². The van der Waals surface area contributed by atoms with E-state index in [1.165, 1.54) is 0 Å². The van der Waals surface area contributed by atoms with Crippen LogP contribution in [0.1, 0.15) is 0 Å². The molecule has 0 amide bonds. The maximum absolute atomic E-state index is 13.0. The summed E-state index contributed by atoms with van der Waals surface area (Å²) in [6.45, 7) is 0. The van der Waals surface area contributed by atoms with Gasteiger partial charge < -0.3 is 10.2 Å². The van der Waals surface area contributed by atoms with E-state index in [-0.39, 0.29) is 0 Å². The van der Waals surface area contributed by atoms with Gasteiger partial charge in [-0.25, -0.2) is 26.7 Å². The highest BCUT2D eigenvalue weighted by molar-refractivity contribution is 8.00. The number of aliphatic carboxylic acids is 1. The van der Waals surface area contributed by atoms with Crippen molar-refractivity contribution >= 4 is 17.7 Å². The first-order valence-corrected chi connectivity index (χ1v) is 4.74. The second kappa shape index (κ2) is 4.88. The van der Waals surface area contributed by atoms with Crippen molar-refractivity contribution in [3.8, 4) is 0 Å². The molecular formula is C8H3F5O3S. The Bertz CT molecular complexity index is 450. The molecule has 1 unspecified atom stereocenters. The smallest absolute Gasteiger partial charge is 0.343 e. The fourth-order valence-electron chi connectivity index (χ4n) is 0.850. The van der Waals surface area contributed by atoms with Gasteiger partial charge in [0.25, 0.3) is 0 Å². The van der Waals surface area contributed by atoms with E-state index in [0.29, 0.717) is 0 Å². The summed E-state index contributed by atoms with van der Waals surface area (Å²) in [6, 6.07) is 0. The Morgan fingerprint density at radius 2 is 1.29 bits per heavy atom. The number of carbonyl (C=O) groups is 1. The first kappa shape index (κ1) is 13.7. The summed E-state index contributed by atoms with van der Waals surface area (Å²) in [4.78, 5) is 8.74. The summed E-state index contributed by atoms with van der Waals surface area (Å²) in [5, 5.41) is 17.0. The summed E-state index contributed by atoms with van der Waals surface area (Å²) >= 11 is -0.399. The van der Waals surface area contributed by atoms with Gasteiger partial charge in [-0.2, -0.15) is 0 Å². The fourth-order valence-corrected chi connectivity index (χ4v) is 1.56. The number of carboxylic acid groups (broad SMARTS) is 1. The van der Waals surface area contributed by atoms with Crippen LogP contribution in [0, 0.1) is 29.1 Å². The molecule has 0 aliphatic carbocycles. The molecule has 0 spiro atoms. The van der Waals surface area contributed by atoms with Crippen LogP contribution in [0.25, 0.3) is 0 Å². The minimum absolute atomic E-state index is 0.399. The molecule has 0 bridgehead atoms. The average molecular weight is 274 g/mol. The maximum atomic E-state index is 13.0. The average Bonchev–Trinajstić information content (AvgIpc) is 2.29. The van der Waals surface area contributed by atoms with E-state index in [1.54, 1.807) is 0 Å². The molecule has 9 heteroatoms. The molecule has 0 aromatic heterocycles. The predicted octanol–water partition coefficient (Wildman–Crippen LogP) is 1.88. The van der Waals surface area contributed by atoms with Gasteiger partial charge >= 0.3 is 5.97 Å². The Morgan fingerprint density at radius 1 is 0.941 bits per heavy atom. The number of hydrogen-bond acceptors (Lipinski definition) is 3. The lowest BCUT2D eigenvalue weighted by molar-refractivity contribution is -0.141. The number of aliphatic hydroxyl groups excluding tert-OH is 1. The molecular weight excluding hydrogens is 271 g/mol. The van der Waals surface area contributed by atoms with Gasteiger partial charge in [0.1, 0.15) is 0 Å². The van der Waals surface area contributed by atoms with Crippen LogP contribution in [0.5, 0.6) is 0 Å². The van der Waals surface area contributed by atoms with Gasteiger partial charge in [0.2, 0.25) is 11.3 Å². The first-order chi connectivity index (χ1) is 7.77. The number of halogens is 5. The lowest BCUT2D eigenvalue weighted by Gasteiger charge is -2.09. The molecule has 0 fully saturated rings. The van der Waals surface area contributed by atoms with Crippen molar-refractivity contribution < 1.29 is 37.0 Å². The normalized spacial score (nSPS) is 12.6. The second-order valence-electron chi connectivity index (χ2n) is 2.71. The van der Waals surface area contributed by atoms with Gasteiger partial charge in [0, 0.05) is 0 Å². The molecule has 0 saturated carbocycles. The Hall–Kier alpha value is -1.35. The van der Waals surface area contributed by atoms with E-state index >= 15 is 0 Å². The quantitative estimate of drug-likeness (QED) is 0.290. The molecule has 3 nitrogen and oxygen atoms in total. The van der Waals surface area contributed by atoms with E-state index in [9.17, 15) is 26.7 Å². The van der Waals surface area contributed by atoms with E-state index in [2.05, 4.69) is 0 Å². The molecule has 94 valence electrons. The predicted molar refractivity (Wildman–Crippen MR) is 45.7 cm³/mol. The van der Waals surface area contributed by atoms with Crippen LogP contribution < -0.4 is 0 Å². The summed E-state index contributed by atoms with van der Waals surface area (Å²) < 4.78 is 63.8. The number of rotatable bonds is 3. The molecule has 0 aliphatic rings. The van der Waals surface area contributed by atoms with Gasteiger partial charge in [-0.15, -0.1) is 0 Å². The highest BCUT2D eigenvalue weighted by Crippen LogP contribution is 2.32. The van der Waals surface area contributed by atoms with Crippen LogP contribution in [-0.2, 0) is 4.79 Å². The molecule has 17 heavy (non-hydrogen) atoms. The van der Waals surface area contributed by atoms with Crippen molar-refractivity contribution in [3.63, 3.8) is 0 Å². The summed E-state index contributed by atoms with van der Waals surface area (Å²) in [7, 11) is 0. The standard InChI is InChI=1S/C8H3F5O3S/c9-1-2(10)4(12)6(5(13)3(1)11)17-8(16)7(14)15/h8,16H,(H,14,15). The molecule has 1 rings (SSSR count). The Labute approximate surface area is 94.9 Å². The fraction of sp³-hybridized carbons (Fsp3) is 0.125. The van der Waals surface area contributed by atoms with E-state index < -0.39 is 57.1 Å². The lowest BCUT2D eigenvalue weighted by Crippen LogP contribution is -2.16. The second-order valence-corrected chi connectivity index (χ2v) is 3.80. The highest BCUT2D eigenvalue weighted by Gasteiger charge is 2.29. The van der Waals surface area contributed by atoms with Crippen molar-refractivity contribution in [2.24, 2.45) is 0 Å². The SMILES string of the molecule is O=C(O)C(O)Sc1c(F)c(F)c(F)c(F)c1F. The van der Waals surface area contributed by atoms with Crippen molar-refractivity contribution in [2.75, 3.05) is 0 Å². The highest BCUT2D eigenvalue weighted by atomic mass is 32.2. The minimum Gasteiger partial charge on any atom is -0.479 e. The molecule has 0 radical (unpaired) electrons. The number of carboxylic acids is 1. The van der Waals surface area contributed by atoms with E-state index in [4.69, 9.17) is 10.2 Å². The summed E-state index contributed by atoms with van der Waals surface area (Å²) in [5.74, 6) is -13.0. The number of benzene rings is 1. The zero-order valence-corrected chi connectivity index (χ0v) is 8.49. The maximum Gasteiger partial charge on any atom is 0.343 e. The Balaban J connectivity index is 3.30. The van der Waals surface area contributed by atoms with Crippen LogP contribution >= 0.6 is 11.8 Å². The minimum atomic E-state index is -2.35. The summed E-state index contributed by atoms with van der Waals surface area (Å²) in [6.07, 6.45) is 0. The van der Waals surface area contributed by atoms with Gasteiger partial charge in [-0.1, -0.05) is 11.8 Å². The van der Waals surface area contributed by atoms with Crippen LogP contribution in [0.2, 0.25) is 0 Å². The molecule has 1 aromatic rings. The van der Waals surface area contributed by atoms with Crippen LogP contribution in [-0.4, -0.2) is 21.6 Å². The lowest BCUT2D eigenvalue weighted by atomic mass is 10.3. The Morgan fingerprint density at radius 3 is 1.65 bits per heavy atom. The van der Waals surface area contributed by atoms with Crippen LogP contribution in [0.4, 0.5) is 22.0 Å². The van der Waals surface area contributed by atoms with E-state index in [1.807, 2.05) is 0 Å². The topological polar surface area (TPSA) is 57.5 Å². The Kier molecular flexibility index (Phi) is 3.94. The van der Waals surface area contributed by atoms with Crippen LogP contribution in [0.3, 0.4) is 0 Å².